The van der Waals surface area contributed by atoms with Gasteiger partial charge in [0, 0.05) is 10.0 Å². The van der Waals surface area contributed by atoms with Crippen LogP contribution >= 0.6 is 15.9 Å². The van der Waals surface area contributed by atoms with Crippen molar-refractivity contribution in [1.82, 2.24) is 5.32 Å². The average molecular weight is 362 g/mol. The SMILES string of the molecule is COC(=O)C(NC(=O)c1cccc(Br)c1)c1ccc(C)cc1. The second kappa shape index (κ2) is 7.22. The molecule has 4 nitrogen and oxygen atoms in total. The van der Waals surface area contributed by atoms with Crippen molar-refractivity contribution in [3.63, 3.8) is 0 Å². The molecule has 0 aliphatic rings. The minimum Gasteiger partial charge on any atom is -0.467 e. The van der Waals surface area contributed by atoms with Crippen LogP contribution in [0.1, 0.15) is 27.5 Å². The topological polar surface area (TPSA) is 55.4 Å². The van der Waals surface area contributed by atoms with E-state index in [-0.39, 0.29) is 5.91 Å². The largest absolute Gasteiger partial charge is 0.467 e. The second-order valence-corrected chi connectivity index (χ2v) is 5.77. The van der Waals surface area contributed by atoms with Gasteiger partial charge in [-0.1, -0.05) is 51.8 Å². The van der Waals surface area contributed by atoms with Crippen LogP contribution in [-0.4, -0.2) is 19.0 Å². The summed E-state index contributed by atoms with van der Waals surface area (Å²) in [5.41, 5.74) is 2.22. The zero-order valence-corrected chi connectivity index (χ0v) is 13.9. The number of hydrogen-bond acceptors (Lipinski definition) is 3. The number of carbonyl (C=O) groups excluding carboxylic acids is 2. The van der Waals surface area contributed by atoms with Gasteiger partial charge >= 0.3 is 5.97 Å². The zero-order valence-electron chi connectivity index (χ0n) is 12.3. The molecule has 1 N–H and O–H groups in total. The lowest BCUT2D eigenvalue weighted by atomic mass is 10.0. The van der Waals surface area contributed by atoms with Gasteiger partial charge in [0.15, 0.2) is 6.04 Å². The summed E-state index contributed by atoms with van der Waals surface area (Å²) in [5.74, 6) is -0.843. The first-order valence-corrected chi connectivity index (χ1v) is 7.51. The van der Waals surface area contributed by atoms with Crippen molar-refractivity contribution < 1.29 is 14.3 Å². The number of nitrogens with one attached hydrogen (secondary N) is 1. The molecule has 1 atom stereocenters. The third-order valence-corrected chi connectivity index (χ3v) is 3.70. The van der Waals surface area contributed by atoms with Gasteiger partial charge in [0.25, 0.3) is 5.91 Å². The molecule has 22 heavy (non-hydrogen) atoms. The number of rotatable bonds is 4. The summed E-state index contributed by atoms with van der Waals surface area (Å²) in [6.07, 6.45) is 0. The lowest BCUT2D eigenvalue weighted by Gasteiger charge is -2.17. The fourth-order valence-corrected chi connectivity index (χ4v) is 2.40. The monoisotopic (exact) mass is 361 g/mol. The van der Waals surface area contributed by atoms with Crippen LogP contribution in [0.5, 0.6) is 0 Å². The Morgan fingerprint density at radius 2 is 1.82 bits per heavy atom. The molecular weight excluding hydrogens is 346 g/mol. The van der Waals surface area contributed by atoms with Crippen LogP contribution in [0, 0.1) is 6.92 Å². The van der Waals surface area contributed by atoms with Gasteiger partial charge in [-0.05, 0) is 30.7 Å². The van der Waals surface area contributed by atoms with Crippen LogP contribution in [0.3, 0.4) is 0 Å². The van der Waals surface area contributed by atoms with E-state index < -0.39 is 12.0 Å². The van der Waals surface area contributed by atoms with Crippen LogP contribution in [0.25, 0.3) is 0 Å². The highest BCUT2D eigenvalue weighted by Gasteiger charge is 2.24. The molecule has 0 saturated carbocycles. The highest BCUT2D eigenvalue weighted by atomic mass is 79.9. The Morgan fingerprint density at radius 1 is 1.14 bits per heavy atom. The summed E-state index contributed by atoms with van der Waals surface area (Å²) in [4.78, 5) is 24.3. The number of amides is 1. The summed E-state index contributed by atoms with van der Waals surface area (Å²) >= 11 is 3.32. The van der Waals surface area contributed by atoms with E-state index in [2.05, 4.69) is 21.2 Å². The highest BCUT2D eigenvalue weighted by Crippen LogP contribution is 2.17. The Hall–Kier alpha value is -2.14. The average Bonchev–Trinajstić information content (AvgIpc) is 2.52. The van der Waals surface area contributed by atoms with Gasteiger partial charge in [-0.2, -0.15) is 0 Å². The van der Waals surface area contributed by atoms with Crippen molar-refractivity contribution in [1.29, 1.82) is 0 Å². The van der Waals surface area contributed by atoms with Gasteiger partial charge < -0.3 is 10.1 Å². The van der Waals surface area contributed by atoms with Gasteiger partial charge in [0.1, 0.15) is 0 Å². The smallest absolute Gasteiger partial charge is 0.333 e. The number of esters is 1. The van der Waals surface area contributed by atoms with E-state index in [0.29, 0.717) is 11.1 Å². The van der Waals surface area contributed by atoms with E-state index >= 15 is 0 Å². The van der Waals surface area contributed by atoms with Crippen molar-refractivity contribution in [2.75, 3.05) is 7.11 Å². The van der Waals surface area contributed by atoms with Crippen molar-refractivity contribution in [3.05, 3.63) is 69.7 Å². The number of halogens is 1. The van der Waals surface area contributed by atoms with Crippen LogP contribution in [0.15, 0.2) is 53.0 Å². The van der Waals surface area contributed by atoms with Gasteiger partial charge in [-0.25, -0.2) is 4.79 Å². The molecule has 114 valence electrons. The fraction of sp³-hybridized carbons (Fsp3) is 0.176. The molecule has 0 aliphatic carbocycles. The Kier molecular flexibility index (Phi) is 5.33. The molecule has 0 radical (unpaired) electrons. The molecule has 0 aromatic heterocycles. The molecule has 0 saturated heterocycles. The van der Waals surface area contributed by atoms with Crippen molar-refractivity contribution in [2.45, 2.75) is 13.0 Å². The number of hydrogen-bond donors (Lipinski definition) is 1. The molecule has 0 heterocycles. The van der Waals surface area contributed by atoms with Gasteiger partial charge in [0.2, 0.25) is 0 Å². The lowest BCUT2D eigenvalue weighted by Crippen LogP contribution is -2.34. The van der Waals surface area contributed by atoms with Crippen LogP contribution < -0.4 is 5.32 Å². The maximum absolute atomic E-state index is 12.3. The normalized spacial score (nSPS) is 11.6. The maximum atomic E-state index is 12.3. The van der Waals surface area contributed by atoms with Gasteiger partial charge in [-0.15, -0.1) is 0 Å². The first-order chi connectivity index (χ1) is 10.5. The number of methoxy groups -OCH3 is 1. The third-order valence-electron chi connectivity index (χ3n) is 3.21. The third kappa shape index (κ3) is 3.95. The summed E-state index contributed by atoms with van der Waals surface area (Å²) in [7, 11) is 1.30. The molecule has 2 rings (SSSR count). The van der Waals surface area contributed by atoms with Gasteiger partial charge in [-0.3, -0.25) is 4.79 Å². The fourth-order valence-electron chi connectivity index (χ4n) is 2.00. The molecule has 0 bridgehead atoms. The predicted octanol–water partition coefficient (Wildman–Crippen LogP) is 3.40. The van der Waals surface area contributed by atoms with E-state index in [9.17, 15) is 9.59 Å². The van der Waals surface area contributed by atoms with E-state index in [4.69, 9.17) is 4.74 Å². The Labute approximate surface area is 137 Å². The predicted molar refractivity (Wildman–Crippen MR) is 87.5 cm³/mol. The minimum absolute atomic E-state index is 0.336. The molecule has 0 fully saturated rings. The molecular formula is C17H16BrNO3. The molecule has 2 aromatic rings. The minimum atomic E-state index is -0.836. The number of aryl methyl sites for hydroxylation is 1. The Balaban J connectivity index is 2.25. The zero-order chi connectivity index (χ0) is 16.1. The summed E-state index contributed by atoms with van der Waals surface area (Å²) in [6, 6.07) is 13.5. The number of ether oxygens (including phenoxy) is 1. The standard InChI is InChI=1S/C17H16BrNO3/c1-11-6-8-12(9-7-11)15(17(21)22-2)19-16(20)13-4-3-5-14(18)10-13/h3-10,15H,1-2H3,(H,19,20). The summed E-state index contributed by atoms with van der Waals surface area (Å²) in [6.45, 7) is 1.96. The van der Waals surface area contributed by atoms with E-state index in [0.717, 1.165) is 10.0 Å². The van der Waals surface area contributed by atoms with Crippen molar-refractivity contribution >= 4 is 27.8 Å². The van der Waals surface area contributed by atoms with Crippen molar-refractivity contribution in [2.24, 2.45) is 0 Å². The Morgan fingerprint density at radius 3 is 2.41 bits per heavy atom. The van der Waals surface area contributed by atoms with Gasteiger partial charge in [0.05, 0.1) is 7.11 Å². The molecule has 5 heteroatoms. The summed E-state index contributed by atoms with van der Waals surface area (Å²) in [5, 5.41) is 2.71. The van der Waals surface area contributed by atoms with Crippen LogP contribution in [0.4, 0.5) is 0 Å². The molecule has 0 spiro atoms. The molecule has 2 aromatic carbocycles. The quantitative estimate of drug-likeness (QED) is 0.849. The van der Waals surface area contributed by atoms with Crippen LogP contribution in [0.2, 0.25) is 0 Å². The van der Waals surface area contributed by atoms with E-state index in [1.165, 1.54) is 7.11 Å². The number of benzene rings is 2. The Bertz CT molecular complexity index is 683. The van der Waals surface area contributed by atoms with Crippen LogP contribution in [-0.2, 0) is 9.53 Å². The lowest BCUT2D eigenvalue weighted by molar-refractivity contribution is -0.143. The first kappa shape index (κ1) is 16.2. The molecule has 0 aliphatic heterocycles. The maximum Gasteiger partial charge on any atom is 0.333 e. The summed E-state index contributed by atoms with van der Waals surface area (Å²) < 4.78 is 5.59. The van der Waals surface area contributed by atoms with E-state index in [1.807, 2.05) is 25.1 Å². The second-order valence-electron chi connectivity index (χ2n) is 4.85. The van der Waals surface area contributed by atoms with E-state index in [1.54, 1.807) is 30.3 Å². The molecule has 1 amide bonds. The highest BCUT2D eigenvalue weighted by molar-refractivity contribution is 9.10. The van der Waals surface area contributed by atoms with Crippen molar-refractivity contribution in [3.8, 4) is 0 Å². The molecule has 1 unspecified atom stereocenters. The first-order valence-electron chi connectivity index (χ1n) is 6.72. The number of carbonyl (C=O) groups is 2.